The quantitative estimate of drug-likeness (QED) is 0.228. The number of carbonyl (C=O) groups excluding carboxylic acids is 1. The lowest BCUT2D eigenvalue weighted by Crippen LogP contribution is -2.22. The van der Waals surface area contributed by atoms with Crippen molar-refractivity contribution >= 4 is 43.8 Å². The number of rotatable bonds is 10. The van der Waals surface area contributed by atoms with Crippen LogP contribution in [0.2, 0.25) is 5.02 Å². The third-order valence-electron chi connectivity index (χ3n) is 6.31. The number of aromatic nitrogens is 1. The highest BCUT2D eigenvalue weighted by molar-refractivity contribution is 7.90. The van der Waals surface area contributed by atoms with E-state index in [4.69, 9.17) is 21.1 Å². The van der Waals surface area contributed by atoms with E-state index in [0.717, 1.165) is 28.3 Å². The molecule has 0 saturated heterocycles. The summed E-state index contributed by atoms with van der Waals surface area (Å²) in [5, 5.41) is 13.7. The molecule has 0 spiro atoms. The SMILES string of the molecule is COc1cc(NC(C(=O)c2c[nH]c3cc(C)c(C)cc23)c2ccc(Cl)cc2OCCO)cc(S(C)(=O)=O)c1. The van der Waals surface area contributed by atoms with Gasteiger partial charge in [0.1, 0.15) is 24.1 Å². The van der Waals surface area contributed by atoms with Crippen LogP contribution < -0.4 is 14.8 Å². The number of aromatic amines is 1. The molecule has 1 unspecified atom stereocenters. The van der Waals surface area contributed by atoms with Crippen LogP contribution in [0.5, 0.6) is 11.5 Å². The van der Waals surface area contributed by atoms with E-state index in [1.807, 2.05) is 26.0 Å². The number of anilines is 1. The number of hydrogen-bond acceptors (Lipinski definition) is 7. The Balaban J connectivity index is 1.89. The molecule has 1 heterocycles. The number of ketones is 1. The number of sulfone groups is 1. The molecule has 0 bridgehead atoms. The van der Waals surface area contributed by atoms with Crippen molar-refractivity contribution < 1.29 is 27.8 Å². The summed E-state index contributed by atoms with van der Waals surface area (Å²) in [5.41, 5.74) is 4.24. The molecule has 3 aromatic carbocycles. The summed E-state index contributed by atoms with van der Waals surface area (Å²) < 4.78 is 35.7. The predicted molar refractivity (Wildman–Crippen MR) is 149 cm³/mol. The number of fused-ring (bicyclic) bond motifs is 1. The highest BCUT2D eigenvalue weighted by Gasteiger charge is 2.28. The molecule has 0 aliphatic carbocycles. The van der Waals surface area contributed by atoms with Gasteiger partial charge in [-0.3, -0.25) is 4.79 Å². The summed E-state index contributed by atoms with van der Waals surface area (Å²) >= 11 is 6.22. The number of carbonyl (C=O) groups is 1. The molecule has 1 atom stereocenters. The average molecular weight is 557 g/mol. The second-order valence-electron chi connectivity index (χ2n) is 9.05. The third-order valence-corrected chi connectivity index (χ3v) is 7.64. The highest BCUT2D eigenvalue weighted by atomic mass is 35.5. The summed E-state index contributed by atoms with van der Waals surface area (Å²) in [6, 6.07) is 12.3. The number of aliphatic hydroxyl groups is 1. The van der Waals surface area contributed by atoms with Gasteiger partial charge in [0.25, 0.3) is 0 Å². The summed E-state index contributed by atoms with van der Waals surface area (Å²) in [7, 11) is -2.13. The molecular formula is C28H29ClN2O6S. The molecule has 8 nitrogen and oxygen atoms in total. The Bertz CT molecular complexity index is 1610. The van der Waals surface area contributed by atoms with Gasteiger partial charge in [-0.15, -0.1) is 0 Å². The molecule has 0 radical (unpaired) electrons. The van der Waals surface area contributed by atoms with Crippen molar-refractivity contribution in [1.29, 1.82) is 0 Å². The minimum absolute atomic E-state index is 0.00278. The van der Waals surface area contributed by atoms with Crippen molar-refractivity contribution in [1.82, 2.24) is 4.98 Å². The molecule has 3 N–H and O–H groups in total. The van der Waals surface area contributed by atoms with E-state index in [9.17, 15) is 18.3 Å². The van der Waals surface area contributed by atoms with Gasteiger partial charge in [-0.25, -0.2) is 8.42 Å². The molecule has 4 rings (SSSR count). The molecule has 10 heteroatoms. The first-order chi connectivity index (χ1) is 18.0. The van der Waals surface area contributed by atoms with Crippen molar-refractivity contribution in [2.75, 3.05) is 31.9 Å². The number of nitrogens with one attached hydrogen (secondary N) is 2. The molecule has 0 amide bonds. The second kappa shape index (κ2) is 11.1. The fourth-order valence-electron chi connectivity index (χ4n) is 4.21. The van der Waals surface area contributed by atoms with Gasteiger partial charge in [0.15, 0.2) is 15.6 Å². The normalized spacial score (nSPS) is 12.4. The Morgan fingerprint density at radius 1 is 1.11 bits per heavy atom. The summed E-state index contributed by atoms with van der Waals surface area (Å²) in [5.74, 6) is 0.350. The molecule has 38 heavy (non-hydrogen) atoms. The van der Waals surface area contributed by atoms with E-state index in [-0.39, 0.29) is 23.9 Å². The highest BCUT2D eigenvalue weighted by Crippen LogP contribution is 2.36. The lowest BCUT2D eigenvalue weighted by atomic mass is 9.95. The van der Waals surface area contributed by atoms with Gasteiger partial charge < -0.3 is 24.9 Å². The predicted octanol–water partition coefficient (Wildman–Crippen LogP) is 5.26. The van der Waals surface area contributed by atoms with Crippen LogP contribution >= 0.6 is 11.6 Å². The molecular weight excluding hydrogens is 528 g/mol. The van der Waals surface area contributed by atoms with Gasteiger partial charge in [-0.2, -0.15) is 0 Å². The van der Waals surface area contributed by atoms with Crippen LogP contribution in [0, 0.1) is 13.8 Å². The lowest BCUT2D eigenvalue weighted by Gasteiger charge is -2.23. The van der Waals surface area contributed by atoms with Gasteiger partial charge in [0, 0.05) is 51.3 Å². The number of hydrogen-bond donors (Lipinski definition) is 3. The Labute approximate surface area is 226 Å². The van der Waals surface area contributed by atoms with Crippen LogP contribution in [0.4, 0.5) is 5.69 Å². The van der Waals surface area contributed by atoms with Crippen molar-refractivity contribution in [3.05, 3.63) is 82.0 Å². The van der Waals surface area contributed by atoms with Crippen LogP contribution in [-0.4, -0.2) is 50.9 Å². The van der Waals surface area contributed by atoms with Gasteiger partial charge in [0.2, 0.25) is 0 Å². The van der Waals surface area contributed by atoms with Crippen molar-refractivity contribution in [2.24, 2.45) is 0 Å². The minimum atomic E-state index is -3.57. The molecule has 4 aromatic rings. The van der Waals surface area contributed by atoms with Crippen molar-refractivity contribution in [3.8, 4) is 11.5 Å². The Morgan fingerprint density at radius 2 is 1.84 bits per heavy atom. The van der Waals surface area contributed by atoms with E-state index < -0.39 is 15.9 Å². The Morgan fingerprint density at radius 3 is 2.53 bits per heavy atom. The Kier molecular flexibility index (Phi) is 8.01. The van der Waals surface area contributed by atoms with Crippen LogP contribution in [0.1, 0.15) is 33.1 Å². The topological polar surface area (TPSA) is 118 Å². The maximum Gasteiger partial charge on any atom is 0.191 e. The zero-order valence-corrected chi connectivity index (χ0v) is 23.0. The van der Waals surface area contributed by atoms with E-state index >= 15 is 0 Å². The second-order valence-corrected chi connectivity index (χ2v) is 11.5. The first kappa shape index (κ1) is 27.5. The van der Waals surface area contributed by atoms with E-state index in [1.165, 1.54) is 19.2 Å². The van der Waals surface area contributed by atoms with Gasteiger partial charge in [-0.05, 0) is 61.4 Å². The summed E-state index contributed by atoms with van der Waals surface area (Å²) in [4.78, 5) is 17.4. The van der Waals surface area contributed by atoms with Crippen molar-refractivity contribution in [2.45, 2.75) is 24.8 Å². The lowest BCUT2D eigenvalue weighted by molar-refractivity contribution is 0.0969. The fraction of sp³-hybridized carbons (Fsp3) is 0.250. The van der Waals surface area contributed by atoms with Gasteiger partial charge in [-0.1, -0.05) is 17.7 Å². The fourth-order valence-corrected chi connectivity index (χ4v) is 5.04. The first-order valence-corrected chi connectivity index (χ1v) is 14.1. The van der Waals surface area contributed by atoms with Gasteiger partial charge >= 0.3 is 0 Å². The van der Waals surface area contributed by atoms with Gasteiger partial charge in [0.05, 0.1) is 18.6 Å². The van der Waals surface area contributed by atoms with Crippen LogP contribution in [0.15, 0.2) is 59.6 Å². The van der Waals surface area contributed by atoms with Crippen LogP contribution in [0.25, 0.3) is 10.9 Å². The number of aliphatic hydroxyl groups excluding tert-OH is 1. The van der Waals surface area contributed by atoms with E-state index in [0.29, 0.717) is 33.3 Å². The molecule has 0 aliphatic heterocycles. The Hall–Kier alpha value is -3.53. The van der Waals surface area contributed by atoms with Crippen molar-refractivity contribution in [3.63, 3.8) is 0 Å². The smallest absolute Gasteiger partial charge is 0.191 e. The maximum absolute atomic E-state index is 14.2. The zero-order valence-electron chi connectivity index (χ0n) is 21.5. The van der Waals surface area contributed by atoms with Crippen LogP contribution in [0.3, 0.4) is 0 Å². The summed E-state index contributed by atoms with van der Waals surface area (Å²) in [6.45, 7) is 3.75. The molecule has 0 aliphatic rings. The standard InChI is InChI=1S/C28H29ClN2O6S/c1-16-9-23-24(15-30-25(23)10-17(16)2)28(33)27(22-6-5-18(29)11-26(22)37-8-7-32)31-19-12-20(36-3)14-21(13-19)38(4,34)35/h5-6,9-15,27,30-32H,7-8H2,1-4H3. The molecule has 0 fully saturated rings. The summed E-state index contributed by atoms with van der Waals surface area (Å²) in [6.07, 6.45) is 2.77. The first-order valence-electron chi connectivity index (χ1n) is 11.8. The minimum Gasteiger partial charge on any atom is -0.497 e. The zero-order chi connectivity index (χ0) is 27.6. The number of aryl methyl sites for hydroxylation is 2. The number of benzene rings is 3. The molecule has 0 saturated carbocycles. The average Bonchev–Trinajstić information content (AvgIpc) is 3.27. The number of Topliss-reactive ketones (excluding diaryl/α,β-unsaturated/α-hetero) is 1. The number of H-pyrrole nitrogens is 1. The number of methoxy groups -OCH3 is 1. The van der Waals surface area contributed by atoms with E-state index in [1.54, 1.807) is 30.5 Å². The maximum atomic E-state index is 14.2. The molecule has 200 valence electrons. The monoisotopic (exact) mass is 556 g/mol. The number of ether oxygens (including phenoxy) is 2. The molecule has 1 aromatic heterocycles. The van der Waals surface area contributed by atoms with Crippen LogP contribution in [-0.2, 0) is 9.84 Å². The third kappa shape index (κ3) is 5.80. The van der Waals surface area contributed by atoms with E-state index in [2.05, 4.69) is 10.3 Å². The largest absolute Gasteiger partial charge is 0.497 e. The number of halogens is 1.